The van der Waals surface area contributed by atoms with Gasteiger partial charge in [0.1, 0.15) is 0 Å². The second-order valence-corrected chi connectivity index (χ2v) is 6.52. The van der Waals surface area contributed by atoms with Gasteiger partial charge in [-0.15, -0.1) is 0 Å². The van der Waals surface area contributed by atoms with E-state index in [9.17, 15) is 4.79 Å². The zero-order valence-corrected chi connectivity index (χ0v) is 15.1. The fourth-order valence-corrected chi connectivity index (χ4v) is 2.82. The van der Waals surface area contributed by atoms with E-state index in [0.29, 0.717) is 0 Å². The van der Waals surface area contributed by atoms with Crippen LogP contribution in [-0.4, -0.2) is 22.7 Å². The fourth-order valence-electron chi connectivity index (χ4n) is 2.82. The van der Waals surface area contributed by atoms with Gasteiger partial charge in [0.15, 0.2) is 0 Å². The van der Waals surface area contributed by atoms with Crippen molar-refractivity contribution in [3.05, 3.63) is 0 Å². The molecule has 138 valence electrons. The molecule has 0 saturated heterocycles. The van der Waals surface area contributed by atoms with Crippen molar-refractivity contribution in [3.63, 3.8) is 0 Å². The second kappa shape index (κ2) is 17.7. The minimum Gasteiger partial charge on any atom is -0.411 e. The molecule has 0 aromatic carbocycles. The van der Waals surface area contributed by atoms with E-state index in [2.05, 4.69) is 11.7 Å². The summed E-state index contributed by atoms with van der Waals surface area (Å²) in [7, 11) is 0. The quantitative estimate of drug-likeness (QED) is 0.222. The normalized spacial score (nSPS) is 11.1. The molecule has 0 radical (unpaired) electrons. The lowest BCUT2D eigenvalue weighted by Crippen LogP contribution is -2.16. The largest absolute Gasteiger partial charge is 0.411 e. The predicted molar refractivity (Wildman–Crippen MR) is 93.9 cm³/mol. The van der Waals surface area contributed by atoms with Crippen LogP contribution in [0.4, 0.5) is 0 Å². The summed E-state index contributed by atoms with van der Waals surface area (Å²) in [6.45, 7) is 0.287. The molecule has 0 amide bonds. The summed E-state index contributed by atoms with van der Waals surface area (Å²) in [5.41, 5.74) is 0. The molecule has 0 fully saturated rings. The Morgan fingerprint density at radius 1 is 0.696 bits per heavy atom. The molecule has 0 unspecified atom stereocenters. The molecule has 0 atom stereocenters. The van der Waals surface area contributed by atoms with Crippen LogP contribution < -0.4 is 0 Å². The third kappa shape index (κ3) is 19.3. The Kier molecular flexibility index (Phi) is 17.3. The molecule has 0 aliphatic carbocycles. The highest BCUT2D eigenvalue weighted by Crippen LogP contribution is 2.13. The third-order valence-electron chi connectivity index (χ3n) is 4.22. The van der Waals surface area contributed by atoms with Crippen molar-refractivity contribution in [2.45, 2.75) is 116 Å². The molecule has 4 nitrogen and oxygen atoms in total. The first-order valence-electron chi connectivity index (χ1n) is 9.72. The Balaban J connectivity index is 3.06. The van der Waals surface area contributed by atoms with Crippen molar-refractivity contribution in [3.8, 4) is 0 Å². The van der Waals surface area contributed by atoms with Gasteiger partial charge in [-0.1, -0.05) is 96.8 Å². The zero-order valence-electron chi connectivity index (χ0n) is 15.1. The van der Waals surface area contributed by atoms with E-state index in [1.165, 1.54) is 77.0 Å². The monoisotopic (exact) mass is 330 g/mol. The molecular weight excluding hydrogens is 292 g/mol. The highest BCUT2D eigenvalue weighted by atomic mass is 16.7. The van der Waals surface area contributed by atoms with Crippen LogP contribution in [0.1, 0.15) is 110 Å². The van der Waals surface area contributed by atoms with Gasteiger partial charge < -0.3 is 14.9 Å². The summed E-state index contributed by atoms with van der Waals surface area (Å²) in [5.74, 6) is -0.533. The Morgan fingerprint density at radius 3 is 1.39 bits per heavy atom. The lowest BCUT2D eigenvalue weighted by atomic mass is 10.0. The lowest BCUT2D eigenvalue weighted by molar-refractivity contribution is -0.229. The molecule has 0 aromatic rings. The van der Waals surface area contributed by atoms with E-state index < -0.39 is 12.4 Å². The molecular formula is C19H38O4. The maximum absolute atomic E-state index is 11.0. The van der Waals surface area contributed by atoms with Crippen molar-refractivity contribution in [2.24, 2.45) is 0 Å². The van der Waals surface area contributed by atoms with Crippen molar-refractivity contribution in [1.82, 2.24) is 0 Å². The molecule has 0 aliphatic heterocycles. The molecule has 0 heterocycles. The number of hydrogen-bond donors (Lipinski definition) is 2. The molecule has 0 bridgehead atoms. The van der Waals surface area contributed by atoms with Gasteiger partial charge >= 0.3 is 12.4 Å². The summed E-state index contributed by atoms with van der Waals surface area (Å²) in [5, 5.41) is 16.9. The van der Waals surface area contributed by atoms with E-state index in [4.69, 9.17) is 10.2 Å². The van der Waals surface area contributed by atoms with E-state index in [0.717, 1.165) is 19.3 Å². The van der Waals surface area contributed by atoms with E-state index in [-0.39, 0.29) is 6.42 Å². The first-order valence-corrected chi connectivity index (χ1v) is 9.72. The minimum absolute atomic E-state index is 0.274. The van der Waals surface area contributed by atoms with Crippen LogP contribution >= 0.6 is 0 Å². The van der Waals surface area contributed by atoms with Crippen molar-refractivity contribution >= 4 is 5.97 Å². The van der Waals surface area contributed by atoms with Gasteiger partial charge in [-0.3, -0.25) is 4.79 Å². The average molecular weight is 331 g/mol. The van der Waals surface area contributed by atoms with E-state index >= 15 is 0 Å². The molecule has 0 saturated carbocycles. The Morgan fingerprint density at radius 2 is 1.04 bits per heavy atom. The van der Waals surface area contributed by atoms with E-state index in [1.54, 1.807) is 0 Å². The zero-order chi connectivity index (χ0) is 17.2. The van der Waals surface area contributed by atoms with Crippen molar-refractivity contribution in [1.29, 1.82) is 0 Å². The van der Waals surface area contributed by atoms with Gasteiger partial charge in [-0.2, -0.15) is 0 Å². The van der Waals surface area contributed by atoms with Crippen LogP contribution in [0, 0.1) is 0 Å². The van der Waals surface area contributed by atoms with Crippen LogP contribution in [0.3, 0.4) is 0 Å². The van der Waals surface area contributed by atoms with Crippen LogP contribution in [0.5, 0.6) is 0 Å². The highest BCUT2D eigenvalue weighted by Gasteiger charge is 2.06. The SMILES string of the molecule is CCCCCCCCCCCCCCCCCC(=O)OC(O)O. The highest BCUT2D eigenvalue weighted by molar-refractivity contribution is 5.69. The van der Waals surface area contributed by atoms with Crippen LogP contribution in [0.15, 0.2) is 0 Å². The first kappa shape index (κ1) is 22.4. The smallest absolute Gasteiger partial charge is 0.313 e. The van der Waals surface area contributed by atoms with Gasteiger partial charge in [0.2, 0.25) is 0 Å². The summed E-state index contributed by atoms with van der Waals surface area (Å²) < 4.78 is 4.24. The number of unbranched alkanes of at least 4 members (excludes halogenated alkanes) is 14. The number of esters is 1. The van der Waals surface area contributed by atoms with Crippen molar-refractivity contribution in [2.75, 3.05) is 0 Å². The number of aliphatic hydroxyl groups excluding tert-OH is 1. The number of rotatable bonds is 17. The molecule has 2 N–H and O–H groups in total. The summed E-state index contributed by atoms with van der Waals surface area (Å²) in [6.07, 6.45) is 19.5. The maximum Gasteiger partial charge on any atom is 0.313 e. The predicted octanol–water partition coefficient (Wildman–Crippen LogP) is 5.06. The van der Waals surface area contributed by atoms with E-state index in [1.807, 2.05) is 0 Å². The molecule has 23 heavy (non-hydrogen) atoms. The number of aliphatic hydroxyl groups is 2. The standard InChI is InChI=1S/C19H38O4/c1-2-3-4-5-6-7-8-9-10-11-12-13-14-15-16-17-18(20)23-19(21)22/h19,21-22H,2-17H2,1H3. The maximum atomic E-state index is 11.0. The fraction of sp³-hybridized carbons (Fsp3) is 0.947. The molecule has 0 rings (SSSR count). The number of ether oxygens (including phenoxy) is 1. The summed E-state index contributed by atoms with van der Waals surface area (Å²) in [4.78, 5) is 11.0. The minimum atomic E-state index is -1.97. The van der Waals surface area contributed by atoms with Gasteiger partial charge in [0.05, 0.1) is 0 Å². The lowest BCUT2D eigenvalue weighted by Gasteiger charge is -2.05. The summed E-state index contributed by atoms with van der Waals surface area (Å²) >= 11 is 0. The van der Waals surface area contributed by atoms with Gasteiger partial charge in [0.25, 0.3) is 0 Å². The van der Waals surface area contributed by atoms with Crippen LogP contribution in [0.25, 0.3) is 0 Å². The van der Waals surface area contributed by atoms with Gasteiger partial charge in [-0.05, 0) is 6.42 Å². The van der Waals surface area contributed by atoms with Gasteiger partial charge in [-0.25, -0.2) is 0 Å². The summed E-state index contributed by atoms with van der Waals surface area (Å²) in [6, 6.07) is 0. The average Bonchev–Trinajstić information content (AvgIpc) is 2.50. The molecule has 4 heteroatoms. The number of hydrogen-bond acceptors (Lipinski definition) is 4. The second-order valence-electron chi connectivity index (χ2n) is 6.52. The molecule has 0 aromatic heterocycles. The molecule has 0 spiro atoms. The third-order valence-corrected chi connectivity index (χ3v) is 4.22. The van der Waals surface area contributed by atoms with Crippen LogP contribution in [-0.2, 0) is 9.53 Å². The van der Waals surface area contributed by atoms with Crippen molar-refractivity contribution < 1.29 is 19.7 Å². The number of carbonyl (C=O) groups excluding carboxylic acids is 1. The Hall–Kier alpha value is -0.610. The number of carbonyl (C=O) groups is 1. The Labute approximate surface area is 142 Å². The molecule has 0 aliphatic rings. The Bertz CT molecular complexity index is 254. The van der Waals surface area contributed by atoms with Gasteiger partial charge in [0, 0.05) is 6.42 Å². The van der Waals surface area contributed by atoms with Crippen LogP contribution in [0.2, 0.25) is 0 Å². The first-order chi connectivity index (χ1) is 11.2. The topological polar surface area (TPSA) is 66.8 Å².